The molecular weight excluding hydrogens is 371 g/mol. The van der Waals surface area contributed by atoms with E-state index in [0.717, 1.165) is 24.0 Å². The molecule has 0 bridgehead atoms. The minimum Gasteiger partial charge on any atom is -0.399 e. The lowest BCUT2D eigenvalue weighted by atomic mass is 9.78. The quantitative estimate of drug-likeness (QED) is 0.339. The largest absolute Gasteiger partial charge is 0.494 e. The molecule has 3 heterocycles. The number of fused-ring (bicyclic) bond motifs is 8. The first-order chi connectivity index (χ1) is 14.4. The molecule has 0 spiro atoms. The van der Waals surface area contributed by atoms with E-state index in [4.69, 9.17) is 14.3 Å². The Hall–Kier alpha value is -2.63. The summed E-state index contributed by atoms with van der Waals surface area (Å²) in [6.45, 7) is 8.38. The van der Waals surface area contributed by atoms with Gasteiger partial charge in [-0.1, -0.05) is 42.5 Å². The summed E-state index contributed by atoms with van der Waals surface area (Å²) in [5, 5.41) is 3.59. The highest BCUT2D eigenvalue weighted by molar-refractivity contribution is 6.62. The Labute approximate surface area is 176 Å². The first kappa shape index (κ1) is 18.2. The number of aryl methyl sites for hydroxylation is 1. The molecule has 0 amide bonds. The summed E-state index contributed by atoms with van der Waals surface area (Å²) >= 11 is 0. The number of aromatic nitrogens is 2. The summed E-state index contributed by atoms with van der Waals surface area (Å²) in [5.41, 5.74) is 4.94. The molecule has 150 valence electrons. The molecule has 5 heteroatoms. The molecule has 1 aliphatic carbocycles. The van der Waals surface area contributed by atoms with Gasteiger partial charge in [0.2, 0.25) is 0 Å². The van der Waals surface area contributed by atoms with Crippen molar-refractivity contribution in [2.75, 3.05) is 0 Å². The molecule has 6 rings (SSSR count). The predicted molar refractivity (Wildman–Crippen MR) is 123 cm³/mol. The van der Waals surface area contributed by atoms with Crippen LogP contribution in [0.25, 0.3) is 33.4 Å². The summed E-state index contributed by atoms with van der Waals surface area (Å²) in [5.74, 6) is 0. The van der Waals surface area contributed by atoms with Gasteiger partial charge < -0.3 is 9.31 Å². The van der Waals surface area contributed by atoms with Crippen LogP contribution < -0.4 is 5.46 Å². The first-order valence-electron chi connectivity index (χ1n) is 10.7. The Kier molecular flexibility index (Phi) is 3.61. The molecule has 2 aromatic heterocycles. The highest BCUT2D eigenvalue weighted by Crippen LogP contribution is 2.37. The third-order valence-corrected chi connectivity index (χ3v) is 7.06. The number of rotatable bonds is 1. The second-order valence-electron chi connectivity index (χ2n) is 9.45. The summed E-state index contributed by atoms with van der Waals surface area (Å²) in [7, 11) is -0.370. The van der Waals surface area contributed by atoms with E-state index < -0.39 is 0 Å². The van der Waals surface area contributed by atoms with Gasteiger partial charge in [0.15, 0.2) is 0 Å². The van der Waals surface area contributed by atoms with Crippen LogP contribution in [-0.2, 0) is 15.7 Å². The number of nitrogens with zero attached hydrogens (tertiary/aromatic N) is 2. The predicted octanol–water partition coefficient (Wildman–Crippen LogP) is 4.90. The first-order valence-corrected chi connectivity index (χ1v) is 10.7. The maximum absolute atomic E-state index is 6.32. The van der Waals surface area contributed by atoms with Gasteiger partial charge in [-0.05, 0) is 63.5 Å². The fourth-order valence-corrected chi connectivity index (χ4v) is 4.68. The van der Waals surface area contributed by atoms with Crippen LogP contribution in [0.4, 0.5) is 0 Å². The lowest BCUT2D eigenvalue weighted by Gasteiger charge is -2.32. The highest BCUT2D eigenvalue weighted by atomic mass is 16.7. The van der Waals surface area contributed by atoms with Crippen LogP contribution in [0.5, 0.6) is 0 Å². The highest BCUT2D eigenvalue weighted by Gasteiger charge is 2.51. The van der Waals surface area contributed by atoms with Gasteiger partial charge in [0.1, 0.15) is 5.65 Å². The summed E-state index contributed by atoms with van der Waals surface area (Å²) in [6, 6.07) is 15.1. The van der Waals surface area contributed by atoms with Gasteiger partial charge in [0.05, 0.1) is 28.1 Å². The molecule has 2 aliphatic rings. The third kappa shape index (κ3) is 2.39. The number of benzene rings is 2. The number of hydrogen-bond donors (Lipinski definition) is 0. The number of hydrogen-bond acceptors (Lipinski definition) is 3. The van der Waals surface area contributed by atoms with Gasteiger partial charge in [-0.15, -0.1) is 0 Å². The summed E-state index contributed by atoms with van der Waals surface area (Å²) in [6.07, 6.45) is 6.51. The Morgan fingerprint density at radius 1 is 0.933 bits per heavy atom. The Morgan fingerprint density at radius 2 is 1.67 bits per heavy atom. The van der Waals surface area contributed by atoms with Gasteiger partial charge in [-0.2, -0.15) is 0 Å². The Morgan fingerprint density at radius 3 is 2.43 bits per heavy atom. The monoisotopic (exact) mass is 396 g/mol. The lowest BCUT2D eigenvalue weighted by molar-refractivity contribution is 0.00578. The molecule has 0 radical (unpaired) electrons. The zero-order valence-corrected chi connectivity index (χ0v) is 17.9. The van der Waals surface area contributed by atoms with Crippen LogP contribution in [0.15, 0.2) is 48.5 Å². The molecule has 1 fully saturated rings. The molecule has 0 atom stereocenters. The van der Waals surface area contributed by atoms with Crippen molar-refractivity contribution in [2.45, 2.75) is 51.7 Å². The van der Waals surface area contributed by atoms with E-state index in [1.165, 1.54) is 33.1 Å². The maximum Gasteiger partial charge on any atom is 0.494 e. The van der Waals surface area contributed by atoms with Crippen LogP contribution in [0.1, 0.15) is 45.5 Å². The molecule has 4 aromatic rings. The van der Waals surface area contributed by atoms with Crippen LogP contribution in [0, 0.1) is 0 Å². The fourth-order valence-electron chi connectivity index (χ4n) is 4.68. The molecule has 2 aromatic carbocycles. The van der Waals surface area contributed by atoms with Crippen molar-refractivity contribution in [1.29, 1.82) is 0 Å². The minimum atomic E-state index is -0.370. The van der Waals surface area contributed by atoms with Crippen LogP contribution in [0.3, 0.4) is 0 Å². The maximum atomic E-state index is 6.32. The van der Waals surface area contributed by atoms with Crippen LogP contribution in [0.2, 0.25) is 0 Å². The van der Waals surface area contributed by atoms with Crippen molar-refractivity contribution in [3.05, 3.63) is 59.9 Å². The average molecular weight is 396 g/mol. The van der Waals surface area contributed by atoms with Crippen molar-refractivity contribution in [2.24, 2.45) is 0 Å². The molecule has 30 heavy (non-hydrogen) atoms. The second kappa shape index (κ2) is 5.96. The van der Waals surface area contributed by atoms with Crippen molar-refractivity contribution < 1.29 is 9.31 Å². The standard InChI is InChI=1S/C25H25BN2O2/c1-24(2)25(3,4)30-26(29-24)16-13-14-21-19(15-16)17-9-5-6-10-18(17)23-27-20-11-7-8-12-22(20)28(21)23/h5-6,8-10,12-15H,7,11H2,1-4H3. The number of pyridine rings is 1. The molecular formula is C25H25BN2O2. The van der Waals surface area contributed by atoms with E-state index >= 15 is 0 Å². The van der Waals surface area contributed by atoms with E-state index in [1.807, 2.05) is 0 Å². The van der Waals surface area contributed by atoms with Gasteiger partial charge in [-0.3, -0.25) is 4.40 Å². The molecule has 0 unspecified atom stereocenters. The zero-order chi connectivity index (χ0) is 20.7. The van der Waals surface area contributed by atoms with Crippen LogP contribution >= 0.6 is 0 Å². The van der Waals surface area contributed by atoms with E-state index in [0.29, 0.717) is 0 Å². The van der Waals surface area contributed by atoms with E-state index in [9.17, 15) is 0 Å². The van der Waals surface area contributed by atoms with E-state index in [2.05, 4.69) is 86.7 Å². The van der Waals surface area contributed by atoms with Gasteiger partial charge >= 0.3 is 7.12 Å². The topological polar surface area (TPSA) is 35.8 Å². The van der Waals surface area contributed by atoms with Crippen molar-refractivity contribution >= 4 is 46.0 Å². The van der Waals surface area contributed by atoms with Gasteiger partial charge in [-0.25, -0.2) is 4.98 Å². The average Bonchev–Trinajstić information content (AvgIpc) is 3.22. The zero-order valence-electron chi connectivity index (χ0n) is 17.9. The normalized spacial score (nSPS) is 19.8. The van der Waals surface area contributed by atoms with Crippen molar-refractivity contribution in [1.82, 2.24) is 9.38 Å². The number of imidazole rings is 1. The van der Waals surface area contributed by atoms with E-state index in [1.54, 1.807) is 0 Å². The van der Waals surface area contributed by atoms with Gasteiger partial charge in [0.25, 0.3) is 0 Å². The van der Waals surface area contributed by atoms with Gasteiger partial charge in [0, 0.05) is 10.8 Å². The van der Waals surface area contributed by atoms with Crippen LogP contribution in [-0.4, -0.2) is 27.7 Å². The minimum absolute atomic E-state index is 0.354. The Bertz CT molecular complexity index is 1350. The number of allylic oxidation sites excluding steroid dienone is 1. The second-order valence-corrected chi connectivity index (χ2v) is 9.45. The third-order valence-electron chi connectivity index (χ3n) is 7.06. The molecule has 4 nitrogen and oxygen atoms in total. The SMILES string of the molecule is CC1(C)OB(c2ccc3c(c2)c2ccccc2c2nc4c(n32)C=CCC4)OC1(C)C. The Balaban J connectivity index is 1.64. The smallest absolute Gasteiger partial charge is 0.399 e. The van der Waals surface area contributed by atoms with E-state index in [-0.39, 0.29) is 18.3 Å². The molecule has 1 saturated heterocycles. The molecule has 0 N–H and O–H groups in total. The van der Waals surface area contributed by atoms with Crippen molar-refractivity contribution in [3.63, 3.8) is 0 Å². The summed E-state index contributed by atoms with van der Waals surface area (Å²) < 4.78 is 15.0. The van der Waals surface area contributed by atoms with Crippen molar-refractivity contribution in [3.8, 4) is 0 Å². The molecule has 1 aliphatic heterocycles. The fraction of sp³-hybridized carbons (Fsp3) is 0.320. The molecule has 0 saturated carbocycles. The summed E-state index contributed by atoms with van der Waals surface area (Å²) in [4.78, 5) is 5.03. The lowest BCUT2D eigenvalue weighted by Crippen LogP contribution is -2.41.